The number of β-amino-alcohol motifs (C(OH)–C–C–N with tert-alkyl or cyclic N) is 1. The molecule has 2 aliphatic rings. The molecule has 0 spiro atoms. The molecule has 2 fully saturated rings. The van der Waals surface area contributed by atoms with Crippen molar-refractivity contribution >= 4 is 35.0 Å². The number of aryl methyl sites for hydroxylation is 1. The molecule has 3 atom stereocenters. The summed E-state index contributed by atoms with van der Waals surface area (Å²) in [5.41, 5.74) is 6.85. The molecule has 1 aliphatic heterocycles. The van der Waals surface area contributed by atoms with E-state index in [9.17, 15) is 28.7 Å². The summed E-state index contributed by atoms with van der Waals surface area (Å²) in [6, 6.07) is 3.40. The molecule has 48 heavy (non-hydrogen) atoms. The standard InChI is InChI=1S/C34H49FN6O6S/c1-21-28(48-20-39-21)22-9-10-23(26(15-22)47-19-27(43)37-14-8-6-5-7-13-36)17-38-30(44)25-16-24(42)18-41(25)31(45)29(33(2,3)4)40-32(46)34(35)11-12-34/h9-10,15,20,24-25,29,42H,5-8,11-14,16-19,36H2,1-4H3,(H,37,43)(H,38,44)(H,40,46)/t24-,25+,29-/m1/s1. The molecule has 1 aliphatic carbocycles. The van der Waals surface area contributed by atoms with E-state index in [4.69, 9.17) is 10.5 Å². The molecule has 2 heterocycles. The molecule has 0 radical (unpaired) electrons. The van der Waals surface area contributed by atoms with Gasteiger partial charge in [-0.05, 0) is 56.2 Å². The van der Waals surface area contributed by atoms with Gasteiger partial charge in [0, 0.05) is 31.6 Å². The normalized spacial score (nSPS) is 19.0. The zero-order chi connectivity index (χ0) is 35.1. The number of thiazole rings is 1. The molecule has 12 nitrogen and oxygen atoms in total. The molecule has 264 valence electrons. The zero-order valence-electron chi connectivity index (χ0n) is 28.3. The highest BCUT2D eigenvalue weighted by atomic mass is 32.1. The Morgan fingerprint density at radius 3 is 2.54 bits per heavy atom. The van der Waals surface area contributed by atoms with Gasteiger partial charge in [0.2, 0.25) is 11.8 Å². The molecule has 1 saturated heterocycles. The van der Waals surface area contributed by atoms with Crippen molar-refractivity contribution in [3.63, 3.8) is 0 Å². The Balaban J connectivity index is 1.44. The Hall–Kier alpha value is -3.62. The lowest BCUT2D eigenvalue weighted by molar-refractivity contribution is -0.145. The number of aromatic nitrogens is 1. The highest BCUT2D eigenvalue weighted by Crippen LogP contribution is 2.40. The number of halogens is 1. The first-order chi connectivity index (χ1) is 22.7. The number of nitrogens with one attached hydrogen (secondary N) is 3. The topological polar surface area (TPSA) is 176 Å². The van der Waals surface area contributed by atoms with Crippen LogP contribution in [-0.4, -0.2) is 88.7 Å². The Morgan fingerprint density at radius 1 is 1.17 bits per heavy atom. The Labute approximate surface area is 285 Å². The maximum absolute atomic E-state index is 14.5. The maximum atomic E-state index is 14.5. The van der Waals surface area contributed by atoms with Crippen LogP contribution in [0.3, 0.4) is 0 Å². The van der Waals surface area contributed by atoms with Crippen molar-refractivity contribution in [2.45, 2.75) is 103 Å². The van der Waals surface area contributed by atoms with Crippen LogP contribution in [-0.2, 0) is 25.7 Å². The van der Waals surface area contributed by atoms with Crippen LogP contribution in [0.4, 0.5) is 4.39 Å². The lowest BCUT2D eigenvalue weighted by Gasteiger charge is -2.35. The van der Waals surface area contributed by atoms with Crippen LogP contribution in [0.25, 0.3) is 10.4 Å². The number of amides is 4. The molecule has 6 N–H and O–H groups in total. The third-order valence-electron chi connectivity index (χ3n) is 8.69. The Kier molecular flexibility index (Phi) is 12.5. The minimum absolute atomic E-state index is 0.00870. The largest absolute Gasteiger partial charge is 0.483 e. The Morgan fingerprint density at radius 2 is 1.90 bits per heavy atom. The SMILES string of the molecule is Cc1ncsc1-c1ccc(CNC(=O)[C@@H]2C[C@@H](O)CN2C(=O)[C@@H](NC(=O)C2(F)CC2)C(C)(C)C)c(OCC(=O)NCCCCCCN)c1. The summed E-state index contributed by atoms with van der Waals surface area (Å²) in [6.45, 7) is 8.05. The first kappa shape index (κ1) is 37.2. The number of aliphatic hydroxyl groups is 1. The average Bonchev–Trinajstić information content (AvgIpc) is 3.45. The fraction of sp³-hybridized carbons (Fsp3) is 0.618. The molecule has 4 rings (SSSR count). The van der Waals surface area contributed by atoms with E-state index in [1.54, 1.807) is 26.3 Å². The number of carbonyl (C=O) groups excluding carboxylic acids is 4. The van der Waals surface area contributed by atoms with E-state index in [1.807, 2.05) is 25.1 Å². The lowest BCUT2D eigenvalue weighted by atomic mass is 9.85. The average molecular weight is 689 g/mol. The third-order valence-corrected chi connectivity index (χ3v) is 9.67. The van der Waals surface area contributed by atoms with Crippen LogP contribution >= 0.6 is 11.3 Å². The minimum Gasteiger partial charge on any atom is -0.483 e. The minimum atomic E-state index is -1.97. The van der Waals surface area contributed by atoms with Crippen LogP contribution in [0, 0.1) is 12.3 Å². The van der Waals surface area contributed by atoms with Gasteiger partial charge in [0.15, 0.2) is 12.3 Å². The second-order valence-corrected chi connectivity index (χ2v) is 14.6. The summed E-state index contributed by atoms with van der Waals surface area (Å²) >= 11 is 1.48. The monoisotopic (exact) mass is 688 g/mol. The first-order valence-corrected chi connectivity index (χ1v) is 17.5. The molecule has 1 saturated carbocycles. The summed E-state index contributed by atoms with van der Waals surface area (Å²) < 4.78 is 20.5. The molecule has 1 aromatic carbocycles. The summed E-state index contributed by atoms with van der Waals surface area (Å²) in [5, 5.41) is 18.8. The number of aliphatic hydroxyl groups excluding tert-OH is 1. The molecule has 0 unspecified atom stereocenters. The summed E-state index contributed by atoms with van der Waals surface area (Å²) in [7, 11) is 0. The second-order valence-electron chi connectivity index (χ2n) is 13.8. The lowest BCUT2D eigenvalue weighted by Crippen LogP contribution is -2.59. The van der Waals surface area contributed by atoms with Gasteiger partial charge in [-0.2, -0.15) is 0 Å². The van der Waals surface area contributed by atoms with E-state index in [0.29, 0.717) is 24.4 Å². The third kappa shape index (κ3) is 9.73. The van der Waals surface area contributed by atoms with Crippen molar-refractivity contribution in [2.24, 2.45) is 11.1 Å². The van der Waals surface area contributed by atoms with Gasteiger partial charge in [0.1, 0.15) is 17.8 Å². The van der Waals surface area contributed by atoms with E-state index in [1.165, 1.54) is 16.2 Å². The molecule has 14 heteroatoms. The number of hydrogen-bond acceptors (Lipinski definition) is 9. The van der Waals surface area contributed by atoms with Crippen LogP contribution in [0.15, 0.2) is 23.7 Å². The van der Waals surface area contributed by atoms with Gasteiger partial charge in [-0.25, -0.2) is 9.37 Å². The number of benzene rings is 1. The van der Waals surface area contributed by atoms with Crippen molar-refractivity contribution in [3.05, 3.63) is 35.0 Å². The van der Waals surface area contributed by atoms with Crippen molar-refractivity contribution < 1.29 is 33.4 Å². The van der Waals surface area contributed by atoms with E-state index in [-0.39, 0.29) is 44.9 Å². The number of nitrogens with zero attached hydrogens (tertiary/aromatic N) is 2. The molecule has 4 amide bonds. The van der Waals surface area contributed by atoms with Crippen LogP contribution in [0.2, 0.25) is 0 Å². The van der Waals surface area contributed by atoms with Crippen molar-refractivity contribution in [3.8, 4) is 16.2 Å². The Bertz CT molecular complexity index is 1460. The first-order valence-electron chi connectivity index (χ1n) is 16.6. The van der Waals surface area contributed by atoms with Gasteiger partial charge in [0.05, 0.1) is 22.2 Å². The van der Waals surface area contributed by atoms with Gasteiger partial charge in [-0.15, -0.1) is 11.3 Å². The fourth-order valence-corrected chi connectivity index (χ4v) is 6.42. The molecular weight excluding hydrogens is 639 g/mol. The molecule has 1 aromatic heterocycles. The number of unbranched alkanes of at least 4 members (excludes halogenated alkanes) is 3. The smallest absolute Gasteiger partial charge is 0.258 e. The number of carbonyl (C=O) groups is 4. The van der Waals surface area contributed by atoms with Gasteiger partial charge in [-0.3, -0.25) is 19.2 Å². The quantitative estimate of drug-likeness (QED) is 0.167. The number of likely N-dealkylation sites (tertiary alicyclic amines) is 1. The van der Waals surface area contributed by atoms with E-state index < -0.39 is 47.0 Å². The number of ether oxygens (including phenoxy) is 1. The zero-order valence-corrected chi connectivity index (χ0v) is 29.1. The number of nitrogens with two attached hydrogens (primary N) is 1. The summed E-state index contributed by atoms with van der Waals surface area (Å²) in [6.07, 6.45) is 3.06. The second kappa shape index (κ2) is 16.2. The summed E-state index contributed by atoms with van der Waals surface area (Å²) in [4.78, 5) is 59.0. The highest BCUT2D eigenvalue weighted by molar-refractivity contribution is 7.13. The highest BCUT2D eigenvalue weighted by Gasteiger charge is 2.53. The van der Waals surface area contributed by atoms with Gasteiger partial charge in [0.25, 0.3) is 11.8 Å². The van der Waals surface area contributed by atoms with Crippen LogP contribution in [0.1, 0.15) is 77.0 Å². The van der Waals surface area contributed by atoms with Crippen molar-refractivity contribution in [1.82, 2.24) is 25.8 Å². The van der Waals surface area contributed by atoms with Crippen LogP contribution in [0.5, 0.6) is 5.75 Å². The maximum Gasteiger partial charge on any atom is 0.258 e. The number of hydrogen-bond donors (Lipinski definition) is 5. The van der Waals surface area contributed by atoms with Gasteiger partial charge < -0.3 is 36.4 Å². The van der Waals surface area contributed by atoms with E-state index in [2.05, 4.69) is 20.9 Å². The van der Waals surface area contributed by atoms with Gasteiger partial charge in [-0.1, -0.05) is 45.7 Å². The van der Waals surface area contributed by atoms with Gasteiger partial charge >= 0.3 is 0 Å². The van der Waals surface area contributed by atoms with Crippen molar-refractivity contribution in [1.29, 1.82) is 0 Å². The molecule has 0 bridgehead atoms. The van der Waals surface area contributed by atoms with Crippen molar-refractivity contribution in [2.75, 3.05) is 26.2 Å². The molecular formula is C34H49FN6O6S. The number of rotatable bonds is 16. The predicted octanol–water partition coefficient (Wildman–Crippen LogP) is 2.74. The molecule has 2 aromatic rings. The summed E-state index contributed by atoms with van der Waals surface area (Å²) in [5.74, 6) is -1.75. The number of alkyl halides is 1. The van der Waals surface area contributed by atoms with Crippen LogP contribution < -0.4 is 26.4 Å². The fourth-order valence-electron chi connectivity index (χ4n) is 5.62. The van der Waals surface area contributed by atoms with E-state index in [0.717, 1.165) is 41.8 Å². The predicted molar refractivity (Wildman–Crippen MR) is 181 cm³/mol. The van der Waals surface area contributed by atoms with E-state index >= 15 is 0 Å².